The van der Waals surface area contributed by atoms with Crippen molar-refractivity contribution in [2.45, 2.75) is 66.5 Å². The number of halogens is 1. The molecule has 0 aliphatic carbocycles. The first-order valence-corrected chi connectivity index (χ1v) is 15.7. The van der Waals surface area contributed by atoms with Gasteiger partial charge >= 0.3 is 0 Å². The quantitative estimate of drug-likeness (QED) is 0.233. The summed E-state index contributed by atoms with van der Waals surface area (Å²) in [6, 6.07) is 19.2. The lowest BCUT2D eigenvalue weighted by molar-refractivity contribution is 0.438. The maximum Gasteiger partial charge on any atom is 0.174 e. The minimum absolute atomic E-state index is 0.101. The highest BCUT2D eigenvalue weighted by molar-refractivity contribution is 7.80. The van der Waals surface area contributed by atoms with Crippen molar-refractivity contribution in [3.8, 4) is 5.69 Å². The number of piperidine rings is 1. The predicted molar refractivity (Wildman–Crippen MR) is 179 cm³/mol. The number of thiocarbonyl (C=S) groups is 1. The van der Waals surface area contributed by atoms with Crippen LogP contribution in [0.4, 0.5) is 11.4 Å². The van der Waals surface area contributed by atoms with Gasteiger partial charge < -0.3 is 19.7 Å². The zero-order valence-electron chi connectivity index (χ0n) is 25.4. The third-order valence-electron chi connectivity index (χ3n) is 9.08. The Balaban J connectivity index is 1.46. The molecule has 2 aromatic heterocycles. The Morgan fingerprint density at radius 3 is 2.29 bits per heavy atom. The Morgan fingerprint density at radius 2 is 1.64 bits per heavy atom. The normalized spacial score (nSPS) is 19.5. The van der Waals surface area contributed by atoms with Crippen molar-refractivity contribution in [1.82, 2.24) is 14.9 Å². The van der Waals surface area contributed by atoms with Crippen LogP contribution in [0.15, 0.2) is 60.8 Å². The molecular weight excluding hydrogens is 558 g/mol. The van der Waals surface area contributed by atoms with Gasteiger partial charge in [-0.2, -0.15) is 0 Å². The number of aryl methyl sites for hydroxylation is 4. The van der Waals surface area contributed by atoms with Gasteiger partial charge in [-0.3, -0.25) is 4.98 Å². The van der Waals surface area contributed by atoms with Crippen molar-refractivity contribution in [3.63, 3.8) is 0 Å². The molecule has 2 fully saturated rings. The van der Waals surface area contributed by atoms with Crippen LogP contribution in [0.1, 0.15) is 71.2 Å². The van der Waals surface area contributed by atoms with Crippen molar-refractivity contribution < 1.29 is 0 Å². The summed E-state index contributed by atoms with van der Waals surface area (Å²) < 4.78 is 2.40. The maximum atomic E-state index is 7.01. The van der Waals surface area contributed by atoms with Gasteiger partial charge in [-0.15, -0.1) is 0 Å². The second-order valence-electron chi connectivity index (χ2n) is 12.2. The number of anilines is 2. The van der Waals surface area contributed by atoms with E-state index in [0.29, 0.717) is 5.11 Å². The zero-order valence-corrected chi connectivity index (χ0v) is 27.0. The van der Waals surface area contributed by atoms with E-state index in [0.717, 1.165) is 41.1 Å². The molecule has 4 aromatic rings. The third kappa shape index (κ3) is 5.09. The minimum Gasteiger partial charge on any atom is -0.370 e. The van der Waals surface area contributed by atoms with Crippen molar-refractivity contribution >= 4 is 40.3 Å². The van der Waals surface area contributed by atoms with E-state index in [4.69, 9.17) is 28.8 Å². The molecule has 0 radical (unpaired) electrons. The number of aromatic nitrogens is 2. The lowest BCUT2D eigenvalue weighted by Gasteiger charge is -2.33. The molecule has 4 heterocycles. The van der Waals surface area contributed by atoms with Crippen LogP contribution >= 0.6 is 23.8 Å². The molecule has 2 atom stereocenters. The average molecular weight is 598 g/mol. The highest BCUT2D eigenvalue weighted by Crippen LogP contribution is 2.45. The first kappa shape index (κ1) is 28.8. The molecule has 0 bridgehead atoms. The Kier molecular flexibility index (Phi) is 7.79. The largest absolute Gasteiger partial charge is 0.370 e. The molecule has 0 unspecified atom stereocenters. The van der Waals surface area contributed by atoms with Crippen LogP contribution in [0, 0.1) is 40.5 Å². The van der Waals surface area contributed by atoms with Crippen LogP contribution in [-0.4, -0.2) is 27.8 Å². The lowest BCUT2D eigenvalue weighted by atomic mass is 9.96. The van der Waals surface area contributed by atoms with Crippen LogP contribution in [0.5, 0.6) is 0 Å². The molecule has 1 N–H and O–H groups in total. The molecule has 2 saturated heterocycles. The molecule has 0 spiro atoms. The molecule has 218 valence electrons. The lowest BCUT2D eigenvalue weighted by Crippen LogP contribution is -2.33. The molecule has 5 nitrogen and oxygen atoms in total. The molecule has 7 heteroatoms. The predicted octanol–water partition coefficient (Wildman–Crippen LogP) is 8.48. The van der Waals surface area contributed by atoms with E-state index in [1.807, 2.05) is 18.3 Å². The molecule has 6 rings (SSSR count). The van der Waals surface area contributed by atoms with Gasteiger partial charge in [0.15, 0.2) is 5.11 Å². The second kappa shape index (κ2) is 11.4. The fraction of sp³-hybridized carbons (Fsp3) is 0.371. The summed E-state index contributed by atoms with van der Waals surface area (Å²) in [6.07, 6.45) is 4.25. The van der Waals surface area contributed by atoms with Gasteiger partial charge in [0.1, 0.15) is 0 Å². The molecule has 0 amide bonds. The molecule has 2 aromatic carbocycles. The first-order valence-electron chi connectivity index (χ1n) is 15.0. The van der Waals surface area contributed by atoms with Gasteiger partial charge in [-0.25, -0.2) is 0 Å². The van der Waals surface area contributed by atoms with Crippen molar-refractivity contribution in [2.75, 3.05) is 22.9 Å². The Labute approximate surface area is 260 Å². The smallest absolute Gasteiger partial charge is 0.174 e. The summed E-state index contributed by atoms with van der Waals surface area (Å²) in [5.41, 5.74) is 11.8. The standard InChI is InChI=1S/C35H40ClN5S/c1-21-12-15-39(16-13-21)31-11-10-27(20-29(31)36)41-34(32(38-35(41)42)30-9-7-8-14-37-30)28-19-25(5)40(26(28)6)33-23(3)17-22(2)18-24(33)4/h7-11,14,17-21,32,34H,12-13,15-16H2,1-6H3,(H,38,42)/t32-,34+/m0/s1. The number of nitrogens with zero attached hydrogens (tertiary/aromatic N) is 4. The Hall–Kier alpha value is -3.35. The number of hydrogen-bond donors (Lipinski definition) is 1. The number of pyridine rings is 1. The van der Waals surface area contributed by atoms with Crippen LogP contribution in [0.3, 0.4) is 0 Å². The van der Waals surface area contributed by atoms with Gasteiger partial charge in [0.2, 0.25) is 0 Å². The molecule has 2 aliphatic heterocycles. The van der Waals surface area contributed by atoms with E-state index in [1.54, 1.807) is 0 Å². The fourth-order valence-corrected chi connectivity index (χ4v) is 7.70. The van der Waals surface area contributed by atoms with E-state index < -0.39 is 0 Å². The van der Waals surface area contributed by atoms with Gasteiger partial charge in [0.05, 0.1) is 34.2 Å². The zero-order chi connectivity index (χ0) is 29.7. The third-order valence-corrected chi connectivity index (χ3v) is 9.70. The average Bonchev–Trinajstić information content (AvgIpc) is 3.44. The Morgan fingerprint density at radius 1 is 0.929 bits per heavy atom. The van der Waals surface area contributed by atoms with E-state index in [-0.39, 0.29) is 12.1 Å². The Bertz CT molecular complexity index is 1610. The van der Waals surface area contributed by atoms with E-state index in [9.17, 15) is 0 Å². The summed E-state index contributed by atoms with van der Waals surface area (Å²) in [6.45, 7) is 15.4. The van der Waals surface area contributed by atoms with Gasteiger partial charge in [0, 0.05) is 36.4 Å². The van der Waals surface area contributed by atoms with E-state index >= 15 is 0 Å². The maximum absolute atomic E-state index is 7.01. The monoisotopic (exact) mass is 597 g/mol. The van der Waals surface area contributed by atoms with Gasteiger partial charge in [-0.05, 0) is 119 Å². The van der Waals surface area contributed by atoms with Crippen LogP contribution < -0.4 is 15.1 Å². The number of hydrogen-bond acceptors (Lipinski definition) is 3. The highest BCUT2D eigenvalue weighted by Gasteiger charge is 2.42. The van der Waals surface area contributed by atoms with E-state index in [2.05, 4.69) is 104 Å². The van der Waals surface area contributed by atoms with Gasteiger partial charge in [0.25, 0.3) is 0 Å². The minimum atomic E-state index is -0.116. The molecule has 2 aliphatic rings. The summed E-state index contributed by atoms with van der Waals surface area (Å²) in [5, 5.41) is 5.07. The van der Waals surface area contributed by atoms with Crippen LogP contribution in [0.25, 0.3) is 5.69 Å². The SMILES string of the molecule is Cc1cc(C)c(-n2c(C)cc([C@@H]3[C@H](c4ccccn4)NC(=S)N3c3ccc(N4CCC(C)CC4)c(Cl)c3)c2C)c(C)c1. The summed E-state index contributed by atoms with van der Waals surface area (Å²) in [5.74, 6) is 0.767. The second-order valence-corrected chi connectivity index (χ2v) is 13.0. The van der Waals surface area contributed by atoms with Crippen molar-refractivity contribution in [3.05, 3.63) is 105 Å². The summed E-state index contributed by atoms with van der Waals surface area (Å²) >= 11 is 13.1. The fourth-order valence-electron chi connectivity index (χ4n) is 7.06. The molecule has 0 saturated carbocycles. The summed E-state index contributed by atoms with van der Waals surface area (Å²) in [4.78, 5) is 9.42. The first-order chi connectivity index (χ1) is 20.1. The molecule has 42 heavy (non-hydrogen) atoms. The van der Waals surface area contributed by atoms with Crippen molar-refractivity contribution in [1.29, 1.82) is 0 Å². The van der Waals surface area contributed by atoms with E-state index in [1.165, 1.54) is 52.2 Å². The number of rotatable bonds is 5. The van der Waals surface area contributed by atoms with Crippen LogP contribution in [-0.2, 0) is 0 Å². The van der Waals surface area contributed by atoms with Crippen LogP contribution in [0.2, 0.25) is 5.02 Å². The highest BCUT2D eigenvalue weighted by atomic mass is 35.5. The topological polar surface area (TPSA) is 36.3 Å². The number of nitrogens with one attached hydrogen (secondary N) is 1. The summed E-state index contributed by atoms with van der Waals surface area (Å²) in [7, 11) is 0. The van der Waals surface area contributed by atoms with Crippen molar-refractivity contribution in [2.24, 2.45) is 5.92 Å². The molecular formula is C35H40ClN5S. The van der Waals surface area contributed by atoms with Gasteiger partial charge in [-0.1, -0.05) is 42.3 Å². The number of benzene rings is 2.